The van der Waals surface area contributed by atoms with Crippen molar-refractivity contribution in [2.45, 2.75) is 6.92 Å². The van der Waals surface area contributed by atoms with Crippen LogP contribution in [0.5, 0.6) is 0 Å². The minimum Gasteiger partial charge on any atom is -0.268 e. The van der Waals surface area contributed by atoms with E-state index in [1.165, 1.54) is 4.90 Å². The van der Waals surface area contributed by atoms with Gasteiger partial charge in [-0.3, -0.25) is 9.59 Å². The summed E-state index contributed by atoms with van der Waals surface area (Å²) in [6.07, 6.45) is 1.74. The molecular weight excluding hydrogens is 362 g/mol. The molecule has 0 radical (unpaired) electrons. The Balaban J connectivity index is 1.97. The summed E-state index contributed by atoms with van der Waals surface area (Å²) in [7, 11) is 0. The van der Waals surface area contributed by atoms with Crippen molar-refractivity contribution in [3.05, 3.63) is 69.0 Å². The summed E-state index contributed by atoms with van der Waals surface area (Å²) in [5.41, 5.74) is 2.42. The fourth-order valence-corrected chi connectivity index (χ4v) is 3.49. The van der Waals surface area contributed by atoms with E-state index in [2.05, 4.69) is 15.9 Å². The third-order valence-electron chi connectivity index (χ3n) is 3.30. The molecule has 3 nitrogen and oxygen atoms in total. The van der Waals surface area contributed by atoms with Crippen molar-refractivity contribution in [1.29, 1.82) is 0 Å². The molecule has 2 aromatic rings. The number of aryl methyl sites for hydroxylation is 1. The number of hydrogen-bond donors (Lipinski definition) is 0. The highest BCUT2D eigenvalue weighted by Crippen LogP contribution is 2.37. The third-order valence-corrected chi connectivity index (χ3v) is 4.66. The Bertz CT molecular complexity index is 801. The first-order chi connectivity index (χ1) is 10.6. The number of nitrogens with zero attached hydrogens (tertiary/aromatic N) is 1. The number of anilines is 1. The van der Waals surface area contributed by atoms with Gasteiger partial charge in [-0.25, -0.2) is 4.90 Å². The Hall–Kier alpha value is -1.85. The molecule has 0 saturated carbocycles. The lowest BCUT2D eigenvalue weighted by molar-refractivity contribution is -0.113. The number of halogens is 1. The largest absolute Gasteiger partial charge is 0.298 e. The summed E-state index contributed by atoms with van der Waals surface area (Å²) in [6, 6.07) is 15.0. The Morgan fingerprint density at radius 3 is 2.59 bits per heavy atom. The molecule has 1 fully saturated rings. The van der Waals surface area contributed by atoms with Crippen LogP contribution < -0.4 is 4.90 Å². The number of amides is 2. The number of rotatable bonds is 2. The van der Waals surface area contributed by atoms with Crippen LogP contribution in [0.3, 0.4) is 0 Å². The second-order valence-electron chi connectivity index (χ2n) is 4.86. The monoisotopic (exact) mass is 373 g/mol. The van der Waals surface area contributed by atoms with E-state index in [9.17, 15) is 9.59 Å². The van der Waals surface area contributed by atoms with Gasteiger partial charge in [0.1, 0.15) is 0 Å². The van der Waals surface area contributed by atoms with Gasteiger partial charge in [0.25, 0.3) is 11.1 Å². The number of para-hydroxylation sites is 1. The van der Waals surface area contributed by atoms with E-state index in [-0.39, 0.29) is 11.1 Å². The van der Waals surface area contributed by atoms with Crippen LogP contribution in [0.1, 0.15) is 11.1 Å². The Labute approximate surface area is 141 Å². The average Bonchev–Trinajstić information content (AvgIpc) is 2.74. The fourth-order valence-electron chi connectivity index (χ4n) is 2.24. The van der Waals surface area contributed by atoms with E-state index in [1.54, 1.807) is 12.1 Å². The number of imide groups is 1. The zero-order valence-electron chi connectivity index (χ0n) is 11.7. The quantitative estimate of drug-likeness (QED) is 0.695. The van der Waals surface area contributed by atoms with Crippen LogP contribution in [0, 0.1) is 6.92 Å². The zero-order valence-corrected chi connectivity index (χ0v) is 14.1. The lowest BCUT2D eigenvalue weighted by Crippen LogP contribution is -2.28. The van der Waals surface area contributed by atoms with Crippen LogP contribution in [0.4, 0.5) is 10.5 Å². The molecule has 1 saturated heterocycles. The highest BCUT2D eigenvalue weighted by atomic mass is 79.9. The van der Waals surface area contributed by atoms with Crippen LogP contribution in [-0.2, 0) is 4.79 Å². The maximum atomic E-state index is 12.6. The first-order valence-corrected chi connectivity index (χ1v) is 8.26. The maximum Gasteiger partial charge on any atom is 0.298 e. The third kappa shape index (κ3) is 2.87. The second-order valence-corrected chi connectivity index (χ2v) is 6.77. The van der Waals surface area contributed by atoms with Gasteiger partial charge in [0.15, 0.2) is 0 Å². The average molecular weight is 374 g/mol. The SMILES string of the molecule is Cc1ccccc1N1C(=O)SC(=Cc2cccc(Br)c2)C1=O. The maximum absolute atomic E-state index is 12.6. The van der Waals surface area contributed by atoms with Gasteiger partial charge in [0, 0.05) is 4.47 Å². The molecule has 0 spiro atoms. The van der Waals surface area contributed by atoms with Gasteiger partial charge in [-0.2, -0.15) is 0 Å². The first-order valence-electron chi connectivity index (χ1n) is 6.65. The van der Waals surface area contributed by atoms with Crippen LogP contribution in [0.15, 0.2) is 57.9 Å². The van der Waals surface area contributed by atoms with Crippen LogP contribution in [0.25, 0.3) is 6.08 Å². The summed E-state index contributed by atoms with van der Waals surface area (Å²) in [6.45, 7) is 1.89. The lowest BCUT2D eigenvalue weighted by atomic mass is 10.1. The van der Waals surface area contributed by atoms with E-state index in [0.717, 1.165) is 27.4 Å². The number of benzene rings is 2. The van der Waals surface area contributed by atoms with Crippen LogP contribution >= 0.6 is 27.7 Å². The lowest BCUT2D eigenvalue weighted by Gasteiger charge is -2.14. The Kier molecular flexibility index (Phi) is 4.18. The molecule has 110 valence electrons. The molecule has 0 aliphatic carbocycles. The molecule has 0 unspecified atom stereocenters. The van der Waals surface area contributed by atoms with E-state index in [1.807, 2.05) is 49.4 Å². The molecule has 0 atom stereocenters. The Morgan fingerprint density at radius 1 is 1.09 bits per heavy atom. The Morgan fingerprint density at radius 2 is 1.86 bits per heavy atom. The molecule has 1 aliphatic rings. The summed E-state index contributed by atoms with van der Waals surface area (Å²) < 4.78 is 0.930. The highest BCUT2D eigenvalue weighted by molar-refractivity contribution is 9.10. The van der Waals surface area contributed by atoms with Crippen LogP contribution in [-0.4, -0.2) is 11.1 Å². The molecule has 0 aromatic heterocycles. The van der Waals surface area contributed by atoms with Gasteiger partial charge in [0.2, 0.25) is 0 Å². The van der Waals surface area contributed by atoms with Gasteiger partial charge in [-0.05, 0) is 54.1 Å². The molecule has 0 bridgehead atoms. The summed E-state index contributed by atoms with van der Waals surface area (Å²) in [5, 5.41) is -0.263. The topological polar surface area (TPSA) is 37.4 Å². The minimum atomic E-state index is -0.274. The van der Waals surface area contributed by atoms with Crippen molar-refractivity contribution in [3.8, 4) is 0 Å². The van der Waals surface area contributed by atoms with Crippen molar-refractivity contribution in [2.75, 3.05) is 4.90 Å². The second kappa shape index (κ2) is 6.10. The summed E-state index contributed by atoms with van der Waals surface area (Å²) in [4.78, 5) is 26.5. The zero-order chi connectivity index (χ0) is 15.7. The predicted octanol–water partition coefficient (Wildman–Crippen LogP) is 5.00. The summed E-state index contributed by atoms with van der Waals surface area (Å²) in [5.74, 6) is -0.274. The van der Waals surface area contributed by atoms with Gasteiger partial charge >= 0.3 is 0 Å². The van der Waals surface area contributed by atoms with Gasteiger partial charge < -0.3 is 0 Å². The molecule has 1 heterocycles. The van der Waals surface area contributed by atoms with E-state index in [4.69, 9.17) is 0 Å². The molecular formula is C17H12BrNO2S. The van der Waals surface area contributed by atoms with Crippen molar-refractivity contribution in [1.82, 2.24) is 0 Å². The van der Waals surface area contributed by atoms with E-state index >= 15 is 0 Å². The number of thioether (sulfide) groups is 1. The van der Waals surface area contributed by atoms with Crippen molar-refractivity contribution >= 4 is 50.6 Å². The first kappa shape index (κ1) is 15.1. The van der Waals surface area contributed by atoms with Crippen molar-refractivity contribution in [2.24, 2.45) is 0 Å². The van der Waals surface area contributed by atoms with Crippen LogP contribution in [0.2, 0.25) is 0 Å². The molecule has 2 amide bonds. The fraction of sp³-hybridized carbons (Fsp3) is 0.0588. The van der Waals surface area contributed by atoms with E-state index < -0.39 is 0 Å². The molecule has 1 aliphatic heterocycles. The standard InChI is InChI=1S/C17H12BrNO2S/c1-11-5-2-3-8-14(11)19-16(20)15(22-17(19)21)10-12-6-4-7-13(18)9-12/h2-10H,1H3. The number of carbonyl (C=O) groups excluding carboxylic acids is 2. The molecule has 3 rings (SSSR count). The summed E-state index contributed by atoms with van der Waals surface area (Å²) >= 11 is 4.37. The normalized spacial score (nSPS) is 16.6. The smallest absolute Gasteiger partial charge is 0.268 e. The highest BCUT2D eigenvalue weighted by Gasteiger charge is 2.36. The van der Waals surface area contributed by atoms with Crippen molar-refractivity contribution < 1.29 is 9.59 Å². The minimum absolute atomic E-state index is 0.263. The van der Waals surface area contributed by atoms with E-state index in [0.29, 0.717) is 10.6 Å². The molecule has 0 N–H and O–H groups in total. The molecule has 2 aromatic carbocycles. The number of hydrogen-bond acceptors (Lipinski definition) is 3. The van der Waals surface area contributed by atoms with Gasteiger partial charge in [-0.15, -0.1) is 0 Å². The van der Waals surface area contributed by atoms with Crippen molar-refractivity contribution in [3.63, 3.8) is 0 Å². The van der Waals surface area contributed by atoms with Gasteiger partial charge in [0.05, 0.1) is 10.6 Å². The van der Waals surface area contributed by atoms with Gasteiger partial charge in [-0.1, -0.05) is 46.3 Å². The molecule has 22 heavy (non-hydrogen) atoms. The predicted molar refractivity (Wildman–Crippen MR) is 93.8 cm³/mol. The molecule has 5 heteroatoms. The number of carbonyl (C=O) groups is 2.